The molecule has 8 heteroatoms. The van der Waals surface area contributed by atoms with Gasteiger partial charge in [-0.05, 0) is 73.6 Å². The Labute approximate surface area is 234 Å². The zero-order chi connectivity index (χ0) is 28.3. The predicted octanol–water partition coefficient (Wildman–Crippen LogP) is 5.70. The number of H-pyrrole nitrogens is 1. The molecule has 1 atom stereocenters. The molecule has 2 aromatic carbocycles. The van der Waals surface area contributed by atoms with Crippen LogP contribution in [0.25, 0.3) is 17.0 Å². The maximum absolute atomic E-state index is 13.4. The number of piperidine rings is 1. The number of benzene rings is 2. The lowest BCUT2D eigenvalue weighted by Crippen LogP contribution is -2.54. The molecule has 1 aromatic heterocycles. The lowest BCUT2D eigenvalue weighted by molar-refractivity contribution is -0.128. The molecule has 0 bridgehead atoms. The van der Waals surface area contributed by atoms with E-state index in [4.69, 9.17) is 5.73 Å². The van der Waals surface area contributed by atoms with Gasteiger partial charge >= 0.3 is 0 Å². The fourth-order valence-electron chi connectivity index (χ4n) is 6.32. The van der Waals surface area contributed by atoms with E-state index in [9.17, 15) is 18.4 Å². The molecule has 1 saturated carbocycles. The van der Waals surface area contributed by atoms with Crippen LogP contribution in [0, 0.1) is 5.92 Å². The van der Waals surface area contributed by atoms with Crippen molar-refractivity contribution in [2.24, 2.45) is 11.7 Å². The summed E-state index contributed by atoms with van der Waals surface area (Å²) >= 11 is 0. The van der Waals surface area contributed by atoms with Crippen molar-refractivity contribution in [2.75, 3.05) is 13.1 Å². The number of hydrogen-bond donors (Lipinski definition) is 3. The molecule has 0 radical (unpaired) electrons. The van der Waals surface area contributed by atoms with Crippen LogP contribution < -0.4 is 11.1 Å². The number of alkyl halides is 2. The molecular weight excluding hydrogens is 510 g/mol. The number of primary amides is 1. The second-order valence-corrected chi connectivity index (χ2v) is 11.4. The largest absolute Gasteiger partial charge is 0.368 e. The monoisotopic (exact) mass is 548 g/mol. The molecule has 2 amide bonds. The smallest absolute Gasteiger partial charge is 0.270 e. The summed E-state index contributed by atoms with van der Waals surface area (Å²) in [5, 5.41) is 4.88. The zero-order valence-electron chi connectivity index (χ0n) is 22.9. The standard InChI is InChI=1S/C32H38F2N4O2/c1-32(33,34)24-11-6-21(7-12-24)8-15-29(39)38-18-16-23(17-19-38)30(31(35)40)37-25-13-9-22(10-14-25)27-20-36-28-5-3-2-4-26(27)28/h2-8,11-12,15,20,22-23,25,30,36-37H,9-10,13-14,16-19H2,1H3,(H2,35,40)/b15-8+. The van der Waals surface area contributed by atoms with E-state index in [1.165, 1.54) is 34.7 Å². The Bertz CT molecular complexity index is 1350. The minimum absolute atomic E-state index is 0.0574. The average Bonchev–Trinajstić information content (AvgIpc) is 3.39. The summed E-state index contributed by atoms with van der Waals surface area (Å²) in [6.07, 6.45) is 10.8. The summed E-state index contributed by atoms with van der Waals surface area (Å²) in [4.78, 5) is 30.3. The van der Waals surface area contributed by atoms with E-state index in [1.807, 2.05) is 6.07 Å². The Hall–Kier alpha value is -3.52. The highest BCUT2D eigenvalue weighted by molar-refractivity contribution is 5.92. The van der Waals surface area contributed by atoms with E-state index < -0.39 is 12.0 Å². The molecule has 2 aliphatic rings. The van der Waals surface area contributed by atoms with Crippen LogP contribution in [-0.4, -0.2) is 46.9 Å². The van der Waals surface area contributed by atoms with Gasteiger partial charge in [-0.2, -0.15) is 0 Å². The number of rotatable bonds is 8. The number of nitrogens with zero attached hydrogens (tertiary/aromatic N) is 1. The van der Waals surface area contributed by atoms with Gasteiger partial charge < -0.3 is 20.9 Å². The fourth-order valence-corrected chi connectivity index (χ4v) is 6.32. The van der Waals surface area contributed by atoms with Gasteiger partial charge in [0.25, 0.3) is 5.92 Å². The molecule has 1 aliphatic carbocycles. The number of fused-ring (bicyclic) bond motifs is 1. The highest BCUT2D eigenvalue weighted by Crippen LogP contribution is 2.37. The number of aromatic amines is 1. The van der Waals surface area contributed by atoms with E-state index in [2.05, 4.69) is 34.7 Å². The summed E-state index contributed by atoms with van der Waals surface area (Å²) in [7, 11) is 0. The van der Waals surface area contributed by atoms with Crippen molar-refractivity contribution < 1.29 is 18.4 Å². The number of amides is 2. The van der Waals surface area contributed by atoms with Crippen LogP contribution in [-0.2, 0) is 15.5 Å². The average molecular weight is 549 g/mol. The first-order valence-electron chi connectivity index (χ1n) is 14.3. The Morgan fingerprint density at radius 1 is 1.02 bits per heavy atom. The van der Waals surface area contributed by atoms with Crippen molar-refractivity contribution >= 4 is 28.8 Å². The summed E-state index contributed by atoms with van der Waals surface area (Å²) < 4.78 is 26.8. The maximum Gasteiger partial charge on any atom is 0.270 e. The first-order valence-corrected chi connectivity index (χ1v) is 14.3. The molecule has 1 aliphatic heterocycles. The van der Waals surface area contributed by atoms with Gasteiger partial charge in [-0.3, -0.25) is 9.59 Å². The van der Waals surface area contributed by atoms with Gasteiger partial charge in [0.15, 0.2) is 0 Å². The van der Waals surface area contributed by atoms with E-state index in [0.717, 1.165) is 32.6 Å². The first-order chi connectivity index (χ1) is 19.2. The van der Waals surface area contributed by atoms with Crippen LogP contribution >= 0.6 is 0 Å². The van der Waals surface area contributed by atoms with Crippen LogP contribution in [0.4, 0.5) is 8.78 Å². The van der Waals surface area contributed by atoms with Crippen molar-refractivity contribution in [3.63, 3.8) is 0 Å². The number of nitrogens with two attached hydrogens (primary N) is 1. The second kappa shape index (κ2) is 11.9. The zero-order valence-corrected chi connectivity index (χ0v) is 22.9. The Morgan fingerprint density at radius 2 is 1.70 bits per heavy atom. The minimum atomic E-state index is -2.89. The van der Waals surface area contributed by atoms with Crippen LogP contribution in [0.1, 0.15) is 68.1 Å². The third kappa shape index (κ3) is 6.44. The Kier molecular flexibility index (Phi) is 8.35. The number of carbonyl (C=O) groups is 2. The molecule has 2 fully saturated rings. The normalized spacial score (nSPS) is 21.6. The number of halogens is 2. The van der Waals surface area contributed by atoms with Crippen molar-refractivity contribution in [1.82, 2.24) is 15.2 Å². The first kappa shape index (κ1) is 28.0. The Balaban J connectivity index is 1.11. The number of hydrogen-bond acceptors (Lipinski definition) is 3. The third-order valence-electron chi connectivity index (χ3n) is 8.67. The molecule has 0 spiro atoms. The molecule has 5 rings (SSSR count). The highest BCUT2D eigenvalue weighted by Gasteiger charge is 2.34. The molecule has 212 valence electrons. The van der Waals surface area contributed by atoms with Crippen molar-refractivity contribution in [1.29, 1.82) is 0 Å². The van der Waals surface area contributed by atoms with Gasteiger partial charge in [0.2, 0.25) is 11.8 Å². The summed E-state index contributed by atoms with van der Waals surface area (Å²) in [5.41, 5.74) is 9.03. The summed E-state index contributed by atoms with van der Waals surface area (Å²) in [6.45, 7) is 1.96. The summed E-state index contributed by atoms with van der Waals surface area (Å²) in [6, 6.07) is 14.2. The SMILES string of the molecule is CC(F)(F)c1ccc(/C=C/C(=O)N2CCC(C(NC3CCC(c4c[nH]c5ccccc45)CC3)C(N)=O)CC2)cc1. The van der Waals surface area contributed by atoms with Gasteiger partial charge in [0.1, 0.15) is 0 Å². The fraction of sp³-hybridized carbons (Fsp3) is 0.438. The molecule has 40 heavy (non-hydrogen) atoms. The molecule has 2 heterocycles. The van der Waals surface area contributed by atoms with Crippen molar-refractivity contribution in [3.05, 3.63) is 77.5 Å². The van der Waals surface area contributed by atoms with Gasteiger partial charge in [-0.25, -0.2) is 8.78 Å². The lowest BCUT2D eigenvalue weighted by atomic mass is 9.80. The highest BCUT2D eigenvalue weighted by atomic mass is 19.3. The molecule has 6 nitrogen and oxygen atoms in total. The second-order valence-electron chi connectivity index (χ2n) is 11.4. The van der Waals surface area contributed by atoms with Gasteiger partial charge in [-0.15, -0.1) is 0 Å². The third-order valence-corrected chi connectivity index (χ3v) is 8.67. The van der Waals surface area contributed by atoms with Gasteiger partial charge in [0.05, 0.1) is 6.04 Å². The number of para-hydroxylation sites is 1. The van der Waals surface area contributed by atoms with Crippen LogP contribution in [0.2, 0.25) is 0 Å². The quantitative estimate of drug-likeness (QED) is 0.315. The van der Waals surface area contributed by atoms with Crippen LogP contribution in [0.5, 0.6) is 0 Å². The summed E-state index contributed by atoms with van der Waals surface area (Å²) in [5.74, 6) is -2.75. The number of carbonyl (C=O) groups excluding carboxylic acids is 2. The molecule has 4 N–H and O–H groups in total. The van der Waals surface area contributed by atoms with Crippen molar-refractivity contribution in [3.8, 4) is 0 Å². The van der Waals surface area contributed by atoms with Crippen LogP contribution in [0.3, 0.4) is 0 Å². The van der Waals surface area contributed by atoms with E-state index in [0.29, 0.717) is 37.4 Å². The minimum Gasteiger partial charge on any atom is -0.368 e. The van der Waals surface area contributed by atoms with E-state index in [1.54, 1.807) is 23.1 Å². The molecular formula is C32H38F2N4O2. The lowest BCUT2D eigenvalue weighted by Gasteiger charge is -2.38. The van der Waals surface area contributed by atoms with Crippen LogP contribution in [0.15, 0.2) is 60.8 Å². The number of likely N-dealkylation sites (tertiary alicyclic amines) is 1. The van der Waals surface area contributed by atoms with Gasteiger partial charge in [-0.1, -0.05) is 42.5 Å². The molecule has 3 aromatic rings. The van der Waals surface area contributed by atoms with Gasteiger partial charge in [0, 0.05) is 54.8 Å². The van der Waals surface area contributed by atoms with Crippen molar-refractivity contribution in [2.45, 2.75) is 69.4 Å². The molecule has 1 saturated heterocycles. The topological polar surface area (TPSA) is 91.2 Å². The number of aromatic nitrogens is 1. The number of nitrogens with one attached hydrogen (secondary N) is 2. The van der Waals surface area contributed by atoms with E-state index in [-0.39, 0.29) is 29.3 Å². The predicted molar refractivity (Wildman–Crippen MR) is 154 cm³/mol. The maximum atomic E-state index is 13.4. The molecule has 1 unspecified atom stereocenters. The van der Waals surface area contributed by atoms with E-state index >= 15 is 0 Å². The Morgan fingerprint density at radius 3 is 2.35 bits per heavy atom.